The third kappa shape index (κ3) is 6.01. The molecule has 16 heteroatoms. The molecule has 11 nitrogen and oxygen atoms in total. The highest BCUT2D eigenvalue weighted by Crippen LogP contribution is 2.30. The topological polar surface area (TPSA) is 135 Å². The molecule has 0 aromatic carbocycles. The number of anilines is 2. The standard InChI is InChI=1S/C17H10B5N7O.C5H9NO2/c18-16(19,20)17(21,22)29-9-10(8-24-29)25-15-23-6-4-13(27-15)11-2-1-3-12(26-11)14-5-7-30-28-14;1-6-3-2-4(7)5(6)8/h1-9H,(H,23,25,27);4,7H,2-3H2,1H3. The molecule has 0 bridgehead atoms. The quantitative estimate of drug-likeness (QED) is 0.349. The van der Waals surface area contributed by atoms with Crippen molar-refractivity contribution >= 4 is 56.8 Å². The Balaban J connectivity index is 0.000000360. The Morgan fingerprint density at radius 3 is 2.34 bits per heavy atom. The molecule has 1 amide bonds. The maximum atomic E-state index is 10.6. The largest absolute Gasteiger partial charge is 0.383 e. The first-order chi connectivity index (χ1) is 18.0. The van der Waals surface area contributed by atoms with E-state index >= 15 is 0 Å². The number of carbonyl (C=O) groups excluding carboxylic acids is 1. The molecule has 1 aliphatic rings. The van der Waals surface area contributed by atoms with Crippen molar-refractivity contribution in [2.24, 2.45) is 0 Å². The van der Waals surface area contributed by atoms with E-state index in [1.54, 1.807) is 25.4 Å². The Bertz CT molecular complexity index is 1380. The van der Waals surface area contributed by atoms with Gasteiger partial charge in [0.25, 0.3) is 5.91 Å². The van der Waals surface area contributed by atoms with E-state index in [0.717, 1.165) is 4.68 Å². The van der Waals surface area contributed by atoms with Crippen LogP contribution in [-0.4, -0.2) is 105 Å². The molecule has 10 radical (unpaired) electrons. The number of nitrogens with zero attached hydrogens (tertiary/aromatic N) is 7. The number of carbonyl (C=O) groups is 1. The molecule has 1 atom stereocenters. The summed E-state index contributed by atoms with van der Waals surface area (Å²) in [6.07, 6.45) is 5.90. The number of amides is 1. The van der Waals surface area contributed by atoms with Crippen LogP contribution in [0.25, 0.3) is 22.8 Å². The van der Waals surface area contributed by atoms with Gasteiger partial charge in [-0.15, -0.1) is 5.11 Å². The maximum Gasteiger partial charge on any atom is 0.251 e. The summed E-state index contributed by atoms with van der Waals surface area (Å²) in [5, 5.41) is 16.0. The van der Waals surface area contributed by atoms with Gasteiger partial charge >= 0.3 is 0 Å². The summed E-state index contributed by atoms with van der Waals surface area (Å²) >= 11 is 0. The zero-order chi connectivity index (χ0) is 27.5. The van der Waals surface area contributed by atoms with Gasteiger partial charge in [-0.25, -0.2) is 15.0 Å². The van der Waals surface area contributed by atoms with Gasteiger partial charge in [-0.05, 0) is 30.0 Å². The highest BCUT2D eigenvalue weighted by atomic mass is 16.5. The van der Waals surface area contributed by atoms with Crippen molar-refractivity contribution in [3.8, 4) is 22.8 Å². The predicted octanol–water partition coefficient (Wildman–Crippen LogP) is -0.130. The molecule has 180 valence electrons. The Morgan fingerprint density at radius 2 is 1.76 bits per heavy atom. The van der Waals surface area contributed by atoms with Crippen LogP contribution in [-0.2, 0) is 10.1 Å². The molecule has 2 N–H and O–H groups in total. The first kappa shape index (κ1) is 27.2. The molecule has 5 rings (SSSR count). The normalized spacial score (nSPS) is 15.7. The van der Waals surface area contributed by atoms with Crippen LogP contribution in [0.3, 0.4) is 0 Å². The highest BCUT2D eigenvalue weighted by Gasteiger charge is 2.32. The van der Waals surface area contributed by atoms with Crippen molar-refractivity contribution < 1.29 is 14.4 Å². The van der Waals surface area contributed by atoms with Crippen LogP contribution in [0.4, 0.5) is 11.6 Å². The molecule has 0 saturated carbocycles. The number of hydrogen-bond acceptors (Lipinski definition) is 9. The number of likely N-dealkylation sites (tertiary alicyclic amines) is 1. The number of likely N-dealkylation sites (N-methyl/N-ethyl adjacent to an activating group) is 1. The van der Waals surface area contributed by atoms with Crippen molar-refractivity contribution in [2.75, 3.05) is 18.9 Å². The monoisotopic (exact) mass is 498 g/mol. The second-order valence-corrected chi connectivity index (χ2v) is 8.68. The number of rotatable bonds is 6. The van der Waals surface area contributed by atoms with E-state index in [2.05, 4.69) is 30.5 Å². The Morgan fingerprint density at radius 1 is 1.05 bits per heavy atom. The summed E-state index contributed by atoms with van der Waals surface area (Å²) in [7, 11) is 30.4. The molecule has 5 heterocycles. The van der Waals surface area contributed by atoms with E-state index < -0.39 is 16.6 Å². The molecule has 1 aliphatic heterocycles. The van der Waals surface area contributed by atoms with Crippen molar-refractivity contribution in [1.29, 1.82) is 0 Å². The van der Waals surface area contributed by atoms with E-state index in [1.165, 1.54) is 23.6 Å². The lowest BCUT2D eigenvalue weighted by atomic mass is 9.26. The van der Waals surface area contributed by atoms with Crippen molar-refractivity contribution in [2.45, 2.75) is 23.0 Å². The van der Waals surface area contributed by atoms with Crippen molar-refractivity contribution in [3.63, 3.8) is 0 Å². The van der Waals surface area contributed by atoms with Crippen LogP contribution < -0.4 is 5.32 Å². The van der Waals surface area contributed by atoms with E-state index in [9.17, 15) is 4.79 Å². The Labute approximate surface area is 225 Å². The number of nitrogens with one attached hydrogen (secondary N) is 1. The molecule has 0 spiro atoms. The van der Waals surface area contributed by atoms with Crippen LogP contribution >= 0.6 is 0 Å². The summed E-state index contributed by atoms with van der Waals surface area (Å²) in [4.78, 5) is 25.4. The minimum Gasteiger partial charge on any atom is -0.383 e. The summed E-state index contributed by atoms with van der Waals surface area (Å²) < 4.78 is 6.03. The molecular weight excluding hydrogens is 478 g/mol. The van der Waals surface area contributed by atoms with E-state index in [0.29, 0.717) is 47.4 Å². The van der Waals surface area contributed by atoms with Crippen molar-refractivity contribution in [3.05, 3.63) is 55.2 Å². The fraction of sp³-hybridized carbons (Fsp3) is 0.273. The zero-order valence-corrected chi connectivity index (χ0v) is 20.5. The molecule has 1 saturated heterocycles. The van der Waals surface area contributed by atoms with Crippen LogP contribution in [0, 0.1) is 0 Å². The number of aromatic nitrogens is 6. The molecular formula is C22H19B5N8O3. The molecule has 0 aliphatic carbocycles. The smallest absolute Gasteiger partial charge is 0.251 e. The number of aliphatic hydroxyl groups excluding tert-OH is 1. The van der Waals surface area contributed by atoms with Gasteiger partial charge in [0.2, 0.25) is 5.95 Å². The second-order valence-electron chi connectivity index (χ2n) is 8.68. The third-order valence-corrected chi connectivity index (χ3v) is 5.68. The van der Waals surface area contributed by atoms with E-state index in [1.807, 2.05) is 18.2 Å². The summed E-state index contributed by atoms with van der Waals surface area (Å²) in [6.45, 7) is 0.694. The maximum absolute atomic E-state index is 10.6. The van der Waals surface area contributed by atoms with Gasteiger partial charge in [0.1, 0.15) is 18.1 Å². The second kappa shape index (κ2) is 10.9. The van der Waals surface area contributed by atoms with Crippen LogP contribution in [0.1, 0.15) is 6.42 Å². The lowest BCUT2D eigenvalue weighted by Crippen LogP contribution is -2.48. The lowest BCUT2D eigenvalue weighted by Gasteiger charge is -2.42. The number of aliphatic hydroxyl groups is 1. The van der Waals surface area contributed by atoms with E-state index in [-0.39, 0.29) is 5.91 Å². The minimum atomic E-state index is -1.90. The summed E-state index contributed by atoms with van der Waals surface area (Å²) in [5.74, 6) is 0.157. The van der Waals surface area contributed by atoms with E-state index in [4.69, 9.17) is 48.9 Å². The van der Waals surface area contributed by atoms with Gasteiger partial charge in [-0.2, -0.15) is 5.10 Å². The Kier molecular flexibility index (Phi) is 7.82. The SMILES string of the molecule is CN1CCC(O)C1=O.[B]C([B])([B])C([B])([B])n1cc(Nc2nccc(-c3cccc(-c4ccon4)n3)n2)cn1. The molecule has 4 aromatic rings. The predicted molar refractivity (Wildman–Crippen MR) is 144 cm³/mol. The lowest BCUT2D eigenvalue weighted by molar-refractivity contribution is -0.133. The van der Waals surface area contributed by atoms with Gasteiger partial charge in [-0.1, -0.05) is 11.2 Å². The first-order valence-corrected chi connectivity index (χ1v) is 11.4. The van der Waals surface area contributed by atoms with Gasteiger partial charge in [0.05, 0.1) is 68.2 Å². The molecule has 4 aromatic heterocycles. The number of pyridine rings is 1. The fourth-order valence-corrected chi connectivity index (χ4v) is 3.35. The highest BCUT2D eigenvalue weighted by molar-refractivity contribution is 6.66. The van der Waals surface area contributed by atoms with Crippen LogP contribution in [0.5, 0.6) is 0 Å². The average Bonchev–Trinajstić information content (AvgIpc) is 3.64. The van der Waals surface area contributed by atoms with Gasteiger partial charge in [0, 0.05) is 32.1 Å². The molecule has 38 heavy (non-hydrogen) atoms. The van der Waals surface area contributed by atoms with Gasteiger partial charge in [-0.3, -0.25) is 9.48 Å². The summed E-state index contributed by atoms with van der Waals surface area (Å²) in [5.41, 5.74) is 3.02. The first-order valence-electron chi connectivity index (χ1n) is 11.4. The summed E-state index contributed by atoms with van der Waals surface area (Å²) in [6, 6.07) is 8.97. The van der Waals surface area contributed by atoms with Crippen LogP contribution in [0.2, 0.25) is 5.11 Å². The zero-order valence-electron chi connectivity index (χ0n) is 20.5. The molecule has 1 unspecified atom stereocenters. The Hall–Kier alpha value is -3.80. The van der Waals surface area contributed by atoms with Gasteiger partial charge in [0.15, 0.2) is 0 Å². The molecule has 1 fully saturated rings. The van der Waals surface area contributed by atoms with Crippen molar-refractivity contribution in [1.82, 2.24) is 34.8 Å². The van der Waals surface area contributed by atoms with Crippen LogP contribution in [0.15, 0.2) is 59.7 Å². The minimum absolute atomic E-state index is 0.148. The fourth-order valence-electron chi connectivity index (χ4n) is 3.35. The third-order valence-electron chi connectivity index (χ3n) is 5.68. The van der Waals surface area contributed by atoms with Gasteiger partial charge < -0.3 is 19.8 Å². The number of hydrogen-bond donors (Lipinski definition) is 2. The average molecular weight is 498 g/mol.